The zero-order valence-electron chi connectivity index (χ0n) is 33.6. The molecule has 0 aliphatic carbocycles. The molecule has 0 radical (unpaired) electrons. The quantitative estimate of drug-likeness (QED) is 0.0723. The predicted molar refractivity (Wildman–Crippen MR) is 225 cm³/mol. The van der Waals surface area contributed by atoms with Crippen LogP contribution in [0.3, 0.4) is 0 Å². The van der Waals surface area contributed by atoms with Gasteiger partial charge in [0.05, 0.1) is 38.1 Å². The average molecular weight is 841 g/mol. The number of piperidine rings is 1. The molecule has 0 spiro atoms. The van der Waals surface area contributed by atoms with E-state index in [-0.39, 0.29) is 54.4 Å². The van der Waals surface area contributed by atoms with E-state index in [0.29, 0.717) is 60.0 Å². The number of amides is 4. The van der Waals surface area contributed by atoms with Crippen LogP contribution in [0.25, 0.3) is 10.1 Å². The number of nitrogens with zero attached hydrogens (tertiary/aromatic N) is 2. The summed E-state index contributed by atoms with van der Waals surface area (Å²) < 4.78 is 35.6. The molecule has 3 unspecified atom stereocenters. The summed E-state index contributed by atoms with van der Waals surface area (Å²) in [4.78, 5) is 69.6. The molecule has 15 nitrogen and oxygen atoms in total. The predicted octanol–water partition coefficient (Wildman–Crippen LogP) is 7.75. The Bertz CT molecular complexity index is 2240. The summed E-state index contributed by atoms with van der Waals surface area (Å²) >= 11 is 1.31. The fourth-order valence-electron chi connectivity index (χ4n) is 7.56. The van der Waals surface area contributed by atoms with E-state index in [1.807, 2.05) is 6.07 Å². The van der Waals surface area contributed by atoms with Crippen LogP contribution in [0, 0.1) is 0 Å². The second-order valence-corrected chi connectivity index (χ2v) is 15.6. The molecule has 316 valence electrons. The summed E-state index contributed by atoms with van der Waals surface area (Å²) in [6, 6.07) is 16.3. The minimum absolute atomic E-state index is 0.0453. The van der Waals surface area contributed by atoms with E-state index in [0.717, 1.165) is 35.8 Å². The highest BCUT2D eigenvalue weighted by molar-refractivity contribution is 7.20. The topological polar surface area (TPSA) is 171 Å². The van der Waals surface area contributed by atoms with Gasteiger partial charge in [-0.3, -0.25) is 14.4 Å². The van der Waals surface area contributed by atoms with Crippen LogP contribution in [-0.2, 0) is 23.7 Å². The Morgan fingerprint density at radius 2 is 1.73 bits per heavy atom. The molecule has 3 atom stereocenters. The van der Waals surface area contributed by atoms with Gasteiger partial charge in [0.25, 0.3) is 11.8 Å². The standard InChI is InChI=1S/C44H48N4O11S/c1-4-20-58-44(53)48-33-26-35(34(54-2)25-31(33)41(51)47-19-7-5-10-32(47)42(48)59-39-12-6-8-21-57-39)56-22-9-11-38(49)45-29-15-13-27(14-16-29)40(50)46-30-17-18-36-28(23-30)24-37(60-36)43(52)55-3/h4,13-18,23-26,32,39,42H,1,5-12,19-22H2,2-3H3,(H,45,49)(H,46,50). The Hall–Kier alpha value is -5.97. The van der Waals surface area contributed by atoms with Gasteiger partial charge in [-0.05, 0) is 105 Å². The van der Waals surface area contributed by atoms with E-state index >= 15 is 0 Å². The number of anilines is 3. The number of hydrogen-bond donors (Lipinski definition) is 2. The van der Waals surface area contributed by atoms with Gasteiger partial charge in [0.2, 0.25) is 5.91 Å². The first kappa shape index (κ1) is 42.2. The lowest BCUT2D eigenvalue weighted by atomic mass is 10.00. The van der Waals surface area contributed by atoms with Gasteiger partial charge in [-0.2, -0.15) is 0 Å². The summed E-state index contributed by atoms with van der Waals surface area (Å²) in [6.07, 6.45) is 4.55. The molecule has 7 rings (SSSR count). The highest BCUT2D eigenvalue weighted by atomic mass is 32.1. The number of thiophene rings is 1. The van der Waals surface area contributed by atoms with Gasteiger partial charge in [-0.25, -0.2) is 14.5 Å². The molecule has 2 N–H and O–H groups in total. The Labute approximate surface area is 351 Å². The molecule has 3 aliphatic rings. The number of fused-ring (bicyclic) bond motifs is 3. The van der Waals surface area contributed by atoms with Crippen LogP contribution in [0.1, 0.15) is 81.8 Å². The first-order valence-corrected chi connectivity index (χ1v) is 20.8. The van der Waals surface area contributed by atoms with Gasteiger partial charge in [-0.1, -0.05) is 12.7 Å². The molecule has 3 aliphatic heterocycles. The largest absolute Gasteiger partial charge is 0.493 e. The van der Waals surface area contributed by atoms with Crippen LogP contribution >= 0.6 is 11.3 Å². The molecule has 3 aromatic carbocycles. The average Bonchev–Trinajstić information content (AvgIpc) is 3.67. The van der Waals surface area contributed by atoms with Gasteiger partial charge < -0.3 is 44.0 Å². The molecular weight excluding hydrogens is 793 g/mol. The second-order valence-electron chi connectivity index (χ2n) is 14.5. The summed E-state index contributed by atoms with van der Waals surface area (Å²) in [5.41, 5.74) is 1.98. The maximum absolute atomic E-state index is 14.2. The van der Waals surface area contributed by atoms with Crippen LogP contribution in [0.15, 0.2) is 73.3 Å². The van der Waals surface area contributed by atoms with E-state index in [1.54, 1.807) is 59.5 Å². The zero-order chi connectivity index (χ0) is 42.2. The van der Waals surface area contributed by atoms with Crippen molar-refractivity contribution in [3.05, 3.63) is 89.3 Å². The SMILES string of the molecule is C=CCOC(=O)N1c2cc(OCCCC(=O)Nc3ccc(C(=O)Nc4ccc5sc(C(=O)OC)cc5c4)cc3)c(OC)cc2C(=O)N2CCCCC2C1OC1CCCCO1. The van der Waals surface area contributed by atoms with Gasteiger partial charge >= 0.3 is 12.1 Å². The van der Waals surface area contributed by atoms with Gasteiger partial charge in [0.1, 0.15) is 11.5 Å². The molecular formula is C44H48N4O11S. The van der Waals surface area contributed by atoms with Crippen molar-refractivity contribution in [2.45, 2.75) is 69.9 Å². The summed E-state index contributed by atoms with van der Waals surface area (Å²) in [6.45, 7) is 4.79. The fraction of sp³-hybridized carbons (Fsp3) is 0.386. The lowest BCUT2D eigenvalue weighted by Crippen LogP contribution is -2.57. The van der Waals surface area contributed by atoms with Crippen LogP contribution in [0.2, 0.25) is 0 Å². The number of nitrogens with one attached hydrogen (secondary N) is 2. The minimum Gasteiger partial charge on any atom is -0.493 e. The van der Waals surface area contributed by atoms with Gasteiger partial charge in [0.15, 0.2) is 24.0 Å². The molecule has 4 heterocycles. The Kier molecular flexibility index (Phi) is 13.6. The number of carbonyl (C=O) groups is 5. The number of carbonyl (C=O) groups excluding carboxylic acids is 5. The van der Waals surface area contributed by atoms with Crippen LogP contribution in [0.4, 0.5) is 21.9 Å². The van der Waals surface area contributed by atoms with Crippen molar-refractivity contribution in [2.24, 2.45) is 0 Å². The maximum atomic E-state index is 14.2. The number of benzene rings is 3. The maximum Gasteiger partial charge on any atom is 0.416 e. The zero-order valence-corrected chi connectivity index (χ0v) is 34.4. The smallest absolute Gasteiger partial charge is 0.416 e. The first-order valence-electron chi connectivity index (χ1n) is 20.0. The van der Waals surface area contributed by atoms with Crippen molar-refractivity contribution < 1.29 is 52.4 Å². The van der Waals surface area contributed by atoms with Crippen molar-refractivity contribution in [1.82, 2.24) is 4.90 Å². The minimum atomic E-state index is -0.894. The molecule has 1 aromatic heterocycles. The number of ether oxygens (including phenoxy) is 6. The lowest BCUT2D eigenvalue weighted by Gasteiger charge is -2.42. The number of esters is 1. The molecule has 2 saturated heterocycles. The Morgan fingerprint density at radius 1 is 0.933 bits per heavy atom. The van der Waals surface area contributed by atoms with Crippen molar-refractivity contribution in [3.63, 3.8) is 0 Å². The summed E-state index contributed by atoms with van der Waals surface area (Å²) in [5, 5.41) is 6.52. The van der Waals surface area contributed by atoms with E-state index in [2.05, 4.69) is 17.2 Å². The molecule has 4 amide bonds. The van der Waals surface area contributed by atoms with Crippen LogP contribution in [0.5, 0.6) is 11.5 Å². The van der Waals surface area contributed by atoms with E-state index in [9.17, 15) is 24.0 Å². The number of rotatable bonds is 14. The third-order valence-corrected chi connectivity index (χ3v) is 11.6. The van der Waals surface area contributed by atoms with Crippen LogP contribution in [-0.4, -0.2) is 93.8 Å². The highest BCUT2D eigenvalue weighted by Gasteiger charge is 2.47. The number of hydrogen-bond acceptors (Lipinski definition) is 12. The van der Waals surface area contributed by atoms with Crippen molar-refractivity contribution in [2.75, 3.05) is 56.1 Å². The number of methoxy groups -OCH3 is 2. The van der Waals surface area contributed by atoms with Crippen molar-refractivity contribution >= 4 is 68.3 Å². The van der Waals surface area contributed by atoms with Crippen molar-refractivity contribution in [3.8, 4) is 11.5 Å². The molecule has 16 heteroatoms. The third-order valence-electron chi connectivity index (χ3n) is 10.5. The summed E-state index contributed by atoms with van der Waals surface area (Å²) in [7, 11) is 2.80. The monoisotopic (exact) mass is 840 g/mol. The molecule has 4 aromatic rings. The third kappa shape index (κ3) is 9.56. The fourth-order valence-corrected chi connectivity index (χ4v) is 8.52. The van der Waals surface area contributed by atoms with E-state index < -0.39 is 30.6 Å². The Balaban J connectivity index is 0.994. The Morgan fingerprint density at radius 3 is 2.48 bits per heavy atom. The van der Waals surface area contributed by atoms with E-state index in [1.165, 1.54) is 36.5 Å². The normalized spacial score (nSPS) is 18.7. The lowest BCUT2D eigenvalue weighted by molar-refractivity contribution is -0.198. The van der Waals surface area contributed by atoms with Crippen molar-refractivity contribution in [1.29, 1.82) is 0 Å². The van der Waals surface area contributed by atoms with Gasteiger partial charge in [-0.15, -0.1) is 11.3 Å². The molecule has 0 bridgehead atoms. The molecule has 0 saturated carbocycles. The van der Waals surface area contributed by atoms with Crippen LogP contribution < -0.4 is 25.0 Å². The second kappa shape index (κ2) is 19.4. The first-order chi connectivity index (χ1) is 29.2. The molecule has 60 heavy (non-hydrogen) atoms. The van der Waals surface area contributed by atoms with Gasteiger partial charge in [0, 0.05) is 47.3 Å². The molecule has 2 fully saturated rings. The van der Waals surface area contributed by atoms with E-state index in [4.69, 9.17) is 28.4 Å². The highest BCUT2D eigenvalue weighted by Crippen LogP contribution is 2.42. The summed E-state index contributed by atoms with van der Waals surface area (Å²) in [5.74, 6) is -0.702.